The van der Waals surface area contributed by atoms with Gasteiger partial charge in [-0.3, -0.25) is 9.36 Å². The molecule has 0 aromatic rings. The van der Waals surface area contributed by atoms with Gasteiger partial charge >= 0.3 is 5.97 Å². The summed E-state index contributed by atoms with van der Waals surface area (Å²) in [6, 6.07) is 0. The van der Waals surface area contributed by atoms with Gasteiger partial charge in [-0.2, -0.15) is 0 Å². The van der Waals surface area contributed by atoms with Gasteiger partial charge in [-0.05, 0) is 6.92 Å². The molecule has 0 amide bonds. The average Bonchev–Trinajstić information content (AvgIpc) is 2.10. The molecule has 0 aliphatic carbocycles. The summed E-state index contributed by atoms with van der Waals surface area (Å²) in [6.45, 7) is 2.51. The van der Waals surface area contributed by atoms with Crippen LogP contribution in [-0.4, -0.2) is 30.0 Å². The fourth-order valence-corrected chi connectivity index (χ4v) is 2.00. The molecule has 4 nitrogen and oxygen atoms in total. The van der Waals surface area contributed by atoms with E-state index in [4.69, 9.17) is 16.1 Å². The van der Waals surface area contributed by atoms with E-state index < -0.39 is 19.0 Å². The van der Waals surface area contributed by atoms with E-state index in [2.05, 4.69) is 17.8 Å². The van der Waals surface area contributed by atoms with Crippen molar-refractivity contribution in [3.8, 4) is 24.2 Å². The van der Waals surface area contributed by atoms with E-state index in [9.17, 15) is 9.36 Å². The minimum Gasteiger partial charge on any atom is -0.480 e. The Balaban J connectivity index is 4.80. The first-order valence-electron chi connectivity index (χ1n) is 3.76. The molecule has 76 valence electrons. The maximum Gasteiger partial charge on any atom is 0.328 e. The summed E-state index contributed by atoms with van der Waals surface area (Å²) >= 11 is 0. The summed E-state index contributed by atoms with van der Waals surface area (Å²) in [5, 5.41) is 8.73. The van der Waals surface area contributed by atoms with Crippen LogP contribution < -0.4 is 0 Å². The Hall–Kier alpha value is -1.22. The normalized spacial score (nSPS) is 15.5. The SMILES string of the molecule is C#CCOP(C)(=O)C(C#CC)C(=O)O. The Morgan fingerprint density at radius 3 is 2.64 bits per heavy atom. The van der Waals surface area contributed by atoms with E-state index in [1.807, 2.05) is 0 Å². The highest BCUT2D eigenvalue weighted by Crippen LogP contribution is 2.47. The quantitative estimate of drug-likeness (QED) is 0.560. The van der Waals surface area contributed by atoms with Gasteiger partial charge in [-0.15, -0.1) is 12.3 Å². The molecule has 0 aromatic heterocycles. The highest BCUT2D eigenvalue weighted by molar-refractivity contribution is 7.60. The molecule has 14 heavy (non-hydrogen) atoms. The molecule has 0 bridgehead atoms. The van der Waals surface area contributed by atoms with Crippen molar-refractivity contribution in [1.29, 1.82) is 0 Å². The number of aliphatic carboxylic acids is 1. The number of rotatable bonds is 4. The van der Waals surface area contributed by atoms with E-state index in [1.165, 1.54) is 13.6 Å². The van der Waals surface area contributed by atoms with E-state index in [0.29, 0.717) is 0 Å². The maximum atomic E-state index is 11.7. The molecular weight excluding hydrogens is 203 g/mol. The van der Waals surface area contributed by atoms with Crippen molar-refractivity contribution in [2.45, 2.75) is 12.6 Å². The number of hydrogen-bond acceptors (Lipinski definition) is 3. The second-order valence-corrected chi connectivity index (χ2v) is 5.11. The lowest BCUT2D eigenvalue weighted by Crippen LogP contribution is -2.19. The van der Waals surface area contributed by atoms with E-state index in [1.54, 1.807) is 0 Å². The zero-order valence-corrected chi connectivity index (χ0v) is 8.88. The molecular formula is C9H11O4P. The fraction of sp³-hybridized carbons (Fsp3) is 0.444. The largest absolute Gasteiger partial charge is 0.480 e. The van der Waals surface area contributed by atoms with E-state index >= 15 is 0 Å². The standard InChI is InChI=1S/C9H11O4P/c1-4-6-8(9(10)11)14(3,12)13-7-5-2/h2,8H,7H2,1,3H3,(H,10,11). The molecule has 0 heterocycles. The van der Waals surface area contributed by atoms with Crippen molar-refractivity contribution in [1.82, 2.24) is 0 Å². The Kier molecular flexibility index (Phi) is 5.02. The average molecular weight is 214 g/mol. The molecule has 1 N–H and O–H groups in total. The Morgan fingerprint density at radius 1 is 1.71 bits per heavy atom. The van der Waals surface area contributed by atoms with Crippen LogP contribution >= 0.6 is 7.37 Å². The Labute approximate surface area is 83.1 Å². The third kappa shape index (κ3) is 3.66. The minimum atomic E-state index is -3.31. The molecule has 0 aliphatic heterocycles. The molecule has 0 spiro atoms. The number of terminal acetylenes is 1. The number of carboxylic acid groups (broad SMARTS) is 1. The molecule has 0 aromatic carbocycles. The van der Waals surface area contributed by atoms with Crippen LogP contribution in [0.5, 0.6) is 0 Å². The summed E-state index contributed by atoms with van der Waals surface area (Å²) in [5.74, 6) is 5.58. The fourth-order valence-electron chi connectivity index (χ4n) is 0.756. The molecule has 0 saturated carbocycles. The van der Waals surface area contributed by atoms with Gasteiger partial charge in [0.15, 0.2) is 5.66 Å². The predicted octanol–water partition coefficient (Wildman–Crippen LogP) is 1.02. The zero-order chi connectivity index (χ0) is 11.2. The van der Waals surface area contributed by atoms with Crippen molar-refractivity contribution in [2.24, 2.45) is 0 Å². The molecule has 0 rings (SSSR count). The van der Waals surface area contributed by atoms with Crippen LogP contribution in [-0.2, 0) is 13.9 Å². The molecule has 0 radical (unpaired) electrons. The highest BCUT2D eigenvalue weighted by Gasteiger charge is 2.33. The van der Waals surface area contributed by atoms with Crippen LogP contribution in [0.4, 0.5) is 0 Å². The highest BCUT2D eigenvalue weighted by atomic mass is 31.2. The second-order valence-electron chi connectivity index (χ2n) is 2.52. The van der Waals surface area contributed by atoms with Crippen LogP contribution in [0.3, 0.4) is 0 Å². The van der Waals surface area contributed by atoms with Crippen molar-refractivity contribution < 1.29 is 19.0 Å². The summed E-state index contributed by atoms with van der Waals surface area (Å²) < 4.78 is 16.5. The van der Waals surface area contributed by atoms with Gasteiger partial charge < -0.3 is 9.63 Å². The number of carboxylic acids is 1. The van der Waals surface area contributed by atoms with Crippen LogP contribution in [0.25, 0.3) is 0 Å². The van der Waals surface area contributed by atoms with Crippen molar-refractivity contribution >= 4 is 13.3 Å². The van der Waals surface area contributed by atoms with Gasteiger partial charge in [-0.1, -0.05) is 11.8 Å². The zero-order valence-electron chi connectivity index (χ0n) is 7.98. The maximum absolute atomic E-state index is 11.7. The van der Waals surface area contributed by atoms with Crippen molar-refractivity contribution in [3.63, 3.8) is 0 Å². The van der Waals surface area contributed by atoms with E-state index in [-0.39, 0.29) is 6.61 Å². The van der Waals surface area contributed by atoms with Gasteiger partial charge in [0.05, 0.1) is 0 Å². The third-order valence-electron chi connectivity index (χ3n) is 1.39. The smallest absolute Gasteiger partial charge is 0.328 e. The number of hydrogen-bond donors (Lipinski definition) is 1. The monoisotopic (exact) mass is 214 g/mol. The lowest BCUT2D eigenvalue weighted by atomic mass is 10.4. The van der Waals surface area contributed by atoms with E-state index in [0.717, 1.165) is 0 Å². The van der Waals surface area contributed by atoms with Gasteiger partial charge in [0, 0.05) is 6.66 Å². The topological polar surface area (TPSA) is 63.6 Å². The second kappa shape index (κ2) is 5.50. The Morgan fingerprint density at radius 2 is 2.29 bits per heavy atom. The lowest BCUT2D eigenvalue weighted by molar-refractivity contribution is -0.135. The lowest BCUT2D eigenvalue weighted by Gasteiger charge is -2.15. The summed E-state index contributed by atoms with van der Waals surface area (Å²) in [5.41, 5.74) is -1.30. The molecule has 2 atom stereocenters. The first-order chi connectivity index (χ1) is 6.45. The third-order valence-corrected chi connectivity index (χ3v) is 3.32. The Bertz CT molecular complexity index is 355. The molecule has 0 saturated heterocycles. The minimum absolute atomic E-state index is 0.178. The predicted molar refractivity (Wildman–Crippen MR) is 53.2 cm³/mol. The molecule has 5 heteroatoms. The van der Waals surface area contributed by atoms with Crippen LogP contribution in [0.15, 0.2) is 0 Å². The van der Waals surface area contributed by atoms with Gasteiger partial charge in [0.1, 0.15) is 6.61 Å². The van der Waals surface area contributed by atoms with Crippen LogP contribution in [0.2, 0.25) is 0 Å². The summed E-state index contributed by atoms with van der Waals surface area (Å²) in [4.78, 5) is 10.7. The first kappa shape index (κ1) is 12.8. The van der Waals surface area contributed by atoms with Gasteiger partial charge in [0.25, 0.3) is 0 Å². The summed E-state index contributed by atoms with van der Waals surface area (Å²) in [6.07, 6.45) is 4.91. The number of carbonyl (C=O) groups is 1. The molecule has 2 unspecified atom stereocenters. The van der Waals surface area contributed by atoms with Crippen molar-refractivity contribution in [3.05, 3.63) is 0 Å². The van der Waals surface area contributed by atoms with Crippen molar-refractivity contribution in [2.75, 3.05) is 13.3 Å². The van der Waals surface area contributed by atoms with Crippen LogP contribution in [0, 0.1) is 24.2 Å². The van der Waals surface area contributed by atoms with Gasteiger partial charge in [-0.25, -0.2) is 0 Å². The first-order valence-corrected chi connectivity index (χ1v) is 5.90. The summed E-state index contributed by atoms with van der Waals surface area (Å²) in [7, 11) is -3.31. The molecule has 0 aliphatic rings. The van der Waals surface area contributed by atoms with Gasteiger partial charge in [0.2, 0.25) is 7.37 Å². The molecule has 0 fully saturated rings. The van der Waals surface area contributed by atoms with Crippen LogP contribution in [0.1, 0.15) is 6.92 Å².